The Bertz CT molecular complexity index is 1270. The van der Waals surface area contributed by atoms with Crippen LogP contribution in [0.25, 0.3) is 0 Å². The summed E-state index contributed by atoms with van der Waals surface area (Å²) in [5.74, 6) is 2.93. The van der Waals surface area contributed by atoms with Gasteiger partial charge in [0.2, 0.25) is 11.8 Å². The van der Waals surface area contributed by atoms with Crippen molar-refractivity contribution in [3.8, 4) is 17.4 Å². The number of nitrogens with one attached hydrogen (secondary N) is 1. The number of piperazine rings is 1. The van der Waals surface area contributed by atoms with Crippen molar-refractivity contribution in [3.05, 3.63) is 65.4 Å². The first-order valence-electron chi connectivity index (χ1n) is 13.2. The molecule has 1 fully saturated rings. The number of anilines is 2. The number of ether oxygens (including phenoxy) is 2. The van der Waals surface area contributed by atoms with Crippen LogP contribution in [0.3, 0.4) is 0 Å². The number of carbonyl (C=O) groups is 1. The SMILES string of the molecule is COc1cccc(Oc2nc(N3CCN(C)CC3)nc3c2CN(C(=O)Nc2ccc(C(C)C)cc2)CC3)c1. The lowest BCUT2D eigenvalue weighted by atomic mass is 10.0. The Morgan fingerprint density at radius 1 is 0.974 bits per heavy atom. The van der Waals surface area contributed by atoms with Gasteiger partial charge in [-0.2, -0.15) is 4.98 Å². The molecule has 0 aliphatic carbocycles. The molecule has 1 N–H and O–H groups in total. The maximum atomic E-state index is 13.2. The molecule has 9 heteroatoms. The Labute approximate surface area is 224 Å². The van der Waals surface area contributed by atoms with Gasteiger partial charge >= 0.3 is 6.03 Å². The zero-order valence-corrected chi connectivity index (χ0v) is 22.6. The molecule has 200 valence electrons. The highest BCUT2D eigenvalue weighted by molar-refractivity contribution is 5.89. The van der Waals surface area contributed by atoms with Gasteiger partial charge in [-0.1, -0.05) is 32.0 Å². The summed E-state index contributed by atoms with van der Waals surface area (Å²) in [6, 6.07) is 15.3. The Kier molecular flexibility index (Phi) is 7.64. The fourth-order valence-corrected chi connectivity index (χ4v) is 4.71. The summed E-state index contributed by atoms with van der Waals surface area (Å²) < 4.78 is 11.7. The highest BCUT2D eigenvalue weighted by Gasteiger charge is 2.28. The number of aromatic nitrogens is 2. The standard InChI is InChI=1S/C29H36N6O3/c1-20(2)21-8-10-22(11-9-21)30-29(36)35-13-12-26-25(19-35)27(38-24-7-5-6-23(18-24)37-4)32-28(31-26)34-16-14-33(3)15-17-34/h5-11,18,20H,12-17,19H2,1-4H3,(H,30,36). The molecule has 2 amide bonds. The number of nitrogens with zero attached hydrogens (tertiary/aromatic N) is 5. The summed E-state index contributed by atoms with van der Waals surface area (Å²) >= 11 is 0. The summed E-state index contributed by atoms with van der Waals surface area (Å²) in [5, 5.41) is 3.04. The third-order valence-corrected chi connectivity index (χ3v) is 7.17. The zero-order chi connectivity index (χ0) is 26.6. The fourth-order valence-electron chi connectivity index (χ4n) is 4.71. The summed E-state index contributed by atoms with van der Waals surface area (Å²) in [6.45, 7) is 8.88. The predicted molar refractivity (Wildman–Crippen MR) is 148 cm³/mol. The van der Waals surface area contributed by atoms with E-state index in [0.717, 1.165) is 43.1 Å². The van der Waals surface area contributed by atoms with Crippen LogP contribution < -0.4 is 19.7 Å². The van der Waals surface area contributed by atoms with Crippen molar-refractivity contribution in [2.24, 2.45) is 0 Å². The topological polar surface area (TPSA) is 83.1 Å². The van der Waals surface area contributed by atoms with Gasteiger partial charge in [0.25, 0.3) is 0 Å². The average molecular weight is 517 g/mol. The van der Waals surface area contributed by atoms with Crippen LogP contribution in [0.5, 0.6) is 17.4 Å². The molecule has 0 radical (unpaired) electrons. The Morgan fingerprint density at radius 3 is 2.42 bits per heavy atom. The lowest BCUT2D eigenvalue weighted by Gasteiger charge is -2.34. The molecule has 0 atom stereocenters. The van der Waals surface area contributed by atoms with Crippen LogP contribution in [-0.4, -0.2) is 72.7 Å². The number of likely N-dealkylation sites (N-methyl/N-ethyl adjacent to an activating group) is 1. The van der Waals surface area contributed by atoms with E-state index in [1.54, 1.807) is 12.0 Å². The Hall–Kier alpha value is -3.85. The first-order valence-corrected chi connectivity index (χ1v) is 13.2. The molecule has 9 nitrogen and oxygen atoms in total. The number of benzene rings is 2. The van der Waals surface area contributed by atoms with Crippen molar-refractivity contribution >= 4 is 17.7 Å². The van der Waals surface area contributed by atoms with Gasteiger partial charge in [-0.25, -0.2) is 9.78 Å². The molecule has 0 spiro atoms. The van der Waals surface area contributed by atoms with E-state index < -0.39 is 0 Å². The van der Waals surface area contributed by atoms with Crippen molar-refractivity contribution in [2.45, 2.75) is 32.7 Å². The van der Waals surface area contributed by atoms with Gasteiger partial charge in [-0.15, -0.1) is 0 Å². The van der Waals surface area contributed by atoms with Gasteiger partial charge in [0, 0.05) is 50.9 Å². The Balaban J connectivity index is 1.39. The van der Waals surface area contributed by atoms with Gasteiger partial charge < -0.3 is 29.5 Å². The molecule has 2 aliphatic rings. The molecule has 0 unspecified atom stereocenters. The minimum atomic E-state index is -0.150. The molecular weight excluding hydrogens is 480 g/mol. The van der Waals surface area contributed by atoms with E-state index in [1.165, 1.54) is 5.56 Å². The smallest absolute Gasteiger partial charge is 0.322 e. The van der Waals surface area contributed by atoms with E-state index in [0.29, 0.717) is 48.8 Å². The second-order valence-electron chi connectivity index (χ2n) is 10.2. The molecule has 3 aromatic rings. The van der Waals surface area contributed by atoms with Gasteiger partial charge in [0.1, 0.15) is 11.5 Å². The van der Waals surface area contributed by atoms with Crippen LogP contribution in [0.2, 0.25) is 0 Å². The number of fused-ring (bicyclic) bond motifs is 1. The van der Waals surface area contributed by atoms with E-state index in [9.17, 15) is 4.79 Å². The van der Waals surface area contributed by atoms with Crippen molar-refractivity contribution in [1.29, 1.82) is 0 Å². The van der Waals surface area contributed by atoms with Crippen LogP contribution in [0.4, 0.5) is 16.4 Å². The number of rotatable bonds is 6. The minimum absolute atomic E-state index is 0.150. The first-order chi connectivity index (χ1) is 18.4. The van der Waals surface area contributed by atoms with Crippen LogP contribution in [0, 0.1) is 0 Å². The summed E-state index contributed by atoms with van der Waals surface area (Å²) in [4.78, 5) is 29.3. The quantitative estimate of drug-likeness (QED) is 0.507. The van der Waals surface area contributed by atoms with E-state index in [4.69, 9.17) is 19.4 Å². The zero-order valence-electron chi connectivity index (χ0n) is 22.6. The number of urea groups is 1. The maximum absolute atomic E-state index is 13.2. The average Bonchev–Trinajstić information content (AvgIpc) is 2.93. The van der Waals surface area contributed by atoms with E-state index in [2.05, 4.69) is 48.1 Å². The molecule has 38 heavy (non-hydrogen) atoms. The maximum Gasteiger partial charge on any atom is 0.322 e. The molecule has 2 aromatic carbocycles. The van der Waals surface area contributed by atoms with Crippen molar-refractivity contribution in [2.75, 3.05) is 57.1 Å². The van der Waals surface area contributed by atoms with Crippen LogP contribution in [0.1, 0.15) is 36.6 Å². The molecule has 0 saturated carbocycles. The van der Waals surface area contributed by atoms with E-state index in [-0.39, 0.29) is 6.03 Å². The number of carbonyl (C=O) groups excluding carboxylic acids is 1. The predicted octanol–water partition coefficient (Wildman–Crippen LogP) is 4.74. The lowest BCUT2D eigenvalue weighted by molar-refractivity contribution is 0.205. The molecular formula is C29H36N6O3. The van der Waals surface area contributed by atoms with Crippen LogP contribution in [-0.2, 0) is 13.0 Å². The molecule has 1 aromatic heterocycles. The molecule has 1 saturated heterocycles. The number of hydrogen-bond acceptors (Lipinski definition) is 7. The van der Waals surface area contributed by atoms with Crippen molar-refractivity contribution in [3.63, 3.8) is 0 Å². The third-order valence-electron chi connectivity index (χ3n) is 7.17. The fraction of sp³-hybridized carbons (Fsp3) is 0.414. The number of methoxy groups -OCH3 is 1. The minimum Gasteiger partial charge on any atom is -0.497 e. The number of hydrogen-bond donors (Lipinski definition) is 1. The summed E-state index contributed by atoms with van der Waals surface area (Å²) in [5.41, 5.74) is 3.78. The highest BCUT2D eigenvalue weighted by atomic mass is 16.5. The largest absolute Gasteiger partial charge is 0.497 e. The van der Waals surface area contributed by atoms with Gasteiger partial charge in [0.15, 0.2) is 0 Å². The van der Waals surface area contributed by atoms with E-state index in [1.807, 2.05) is 36.4 Å². The van der Waals surface area contributed by atoms with E-state index >= 15 is 0 Å². The van der Waals surface area contributed by atoms with Crippen molar-refractivity contribution in [1.82, 2.24) is 19.8 Å². The molecule has 0 bridgehead atoms. The molecule has 3 heterocycles. The monoisotopic (exact) mass is 516 g/mol. The third kappa shape index (κ3) is 5.83. The lowest BCUT2D eigenvalue weighted by Crippen LogP contribution is -2.45. The molecule has 5 rings (SSSR count). The van der Waals surface area contributed by atoms with Gasteiger partial charge in [-0.3, -0.25) is 0 Å². The van der Waals surface area contributed by atoms with Gasteiger partial charge in [-0.05, 0) is 42.8 Å². The van der Waals surface area contributed by atoms with Crippen LogP contribution >= 0.6 is 0 Å². The summed E-state index contributed by atoms with van der Waals surface area (Å²) in [6.07, 6.45) is 0.632. The van der Waals surface area contributed by atoms with Gasteiger partial charge in [0.05, 0.1) is 24.9 Å². The van der Waals surface area contributed by atoms with Crippen LogP contribution in [0.15, 0.2) is 48.5 Å². The number of amides is 2. The highest BCUT2D eigenvalue weighted by Crippen LogP contribution is 2.33. The second kappa shape index (κ2) is 11.3. The first kappa shape index (κ1) is 25.8. The Morgan fingerprint density at radius 2 is 1.71 bits per heavy atom. The van der Waals surface area contributed by atoms with Crippen molar-refractivity contribution < 1.29 is 14.3 Å². The molecule has 2 aliphatic heterocycles. The summed E-state index contributed by atoms with van der Waals surface area (Å²) in [7, 11) is 3.75. The normalized spacial score (nSPS) is 15.8. The second-order valence-corrected chi connectivity index (χ2v) is 10.2.